The van der Waals surface area contributed by atoms with Crippen molar-refractivity contribution < 1.29 is 20.5 Å². The Hall–Kier alpha value is -0.940. The molecule has 1 N–H and O–H groups in total. The summed E-state index contributed by atoms with van der Waals surface area (Å²) in [6, 6.07) is 0. The van der Waals surface area contributed by atoms with E-state index < -0.39 is 0 Å². The van der Waals surface area contributed by atoms with Crippen LogP contribution in [-0.2, 0) is 19.1 Å². The molecule has 0 aliphatic heterocycles. The molecular weight excluding hydrogens is 318 g/mol. The maximum atomic E-state index is 11.6. The van der Waals surface area contributed by atoms with E-state index in [1.54, 1.807) is 7.11 Å². The number of ketones is 1. The van der Waals surface area contributed by atoms with Crippen LogP contribution in [0.4, 0.5) is 0 Å². The summed E-state index contributed by atoms with van der Waals surface area (Å²) in [5.41, 5.74) is 0. The van der Waals surface area contributed by atoms with E-state index in [0.717, 1.165) is 38.5 Å². The molecule has 25 heavy (non-hydrogen) atoms. The van der Waals surface area contributed by atoms with Crippen molar-refractivity contribution in [2.75, 3.05) is 33.5 Å². The third-order valence-electron chi connectivity index (χ3n) is 3.72. The Morgan fingerprint density at radius 1 is 0.880 bits per heavy atom. The largest absolute Gasteiger partial charge is 0.382 e. The number of carbonyl (C=O) groups is 2. The maximum absolute atomic E-state index is 11.6. The number of unbranched alkanes of at least 4 members (excludes halogenated alkanes) is 5. The zero-order valence-corrected chi connectivity index (χ0v) is 17.2. The van der Waals surface area contributed by atoms with E-state index >= 15 is 0 Å². The first-order valence-corrected chi connectivity index (χ1v) is 9.94. The molecule has 0 aliphatic rings. The summed E-state index contributed by atoms with van der Waals surface area (Å²) in [6.07, 6.45) is 7.72. The van der Waals surface area contributed by atoms with E-state index in [0.29, 0.717) is 45.0 Å². The van der Waals surface area contributed by atoms with E-state index in [9.17, 15) is 9.59 Å². The number of rotatable bonds is 16. The molecular formula is C20H43NO4. The number of carbonyl (C=O) groups excluding carboxylic acids is 2. The van der Waals surface area contributed by atoms with Gasteiger partial charge in [-0.25, -0.2) is 0 Å². The molecule has 5 heteroatoms. The number of nitrogens with one attached hydrogen (secondary N) is 1. The number of hydrogen-bond donors (Lipinski definition) is 1. The van der Waals surface area contributed by atoms with Crippen molar-refractivity contribution in [1.29, 1.82) is 0 Å². The summed E-state index contributed by atoms with van der Waals surface area (Å²) in [5, 5.41) is 2.85. The summed E-state index contributed by atoms with van der Waals surface area (Å²) in [6.45, 7) is 10.2. The molecule has 0 saturated heterocycles. The fourth-order valence-corrected chi connectivity index (χ4v) is 2.18. The number of hydrogen-bond acceptors (Lipinski definition) is 4. The number of Topliss-reactive ketones (excluding diaryl/α,β-unsaturated/α-hetero) is 1. The lowest BCUT2D eigenvalue weighted by Crippen LogP contribution is -2.27. The molecule has 0 aromatic heterocycles. The van der Waals surface area contributed by atoms with Gasteiger partial charge in [-0.2, -0.15) is 0 Å². The molecule has 0 radical (unpaired) electrons. The van der Waals surface area contributed by atoms with E-state index in [1.807, 2.05) is 27.7 Å². The lowest BCUT2D eigenvalue weighted by atomic mass is 10.0. The zero-order chi connectivity index (χ0) is 19.3. The molecule has 0 bridgehead atoms. The molecule has 0 saturated carbocycles. The van der Waals surface area contributed by atoms with Gasteiger partial charge in [-0.15, -0.1) is 0 Å². The summed E-state index contributed by atoms with van der Waals surface area (Å²) < 4.78 is 10.1. The van der Waals surface area contributed by atoms with Crippen molar-refractivity contribution in [1.82, 2.24) is 5.32 Å². The van der Waals surface area contributed by atoms with Crippen molar-refractivity contribution in [3.63, 3.8) is 0 Å². The first-order valence-electron chi connectivity index (χ1n) is 9.94. The minimum atomic E-state index is 0. The van der Waals surface area contributed by atoms with Crippen molar-refractivity contribution in [3.05, 3.63) is 0 Å². The van der Waals surface area contributed by atoms with Gasteiger partial charge in [0, 0.05) is 33.8 Å². The lowest BCUT2D eigenvalue weighted by molar-refractivity contribution is -0.122. The Morgan fingerprint density at radius 2 is 1.44 bits per heavy atom. The average Bonchev–Trinajstić information content (AvgIpc) is 2.61. The fraction of sp³-hybridized carbons (Fsp3) is 0.900. The Balaban J connectivity index is -0.00000170. The van der Waals surface area contributed by atoms with Crippen LogP contribution in [0.25, 0.3) is 0 Å². The first-order chi connectivity index (χ1) is 12.1. The van der Waals surface area contributed by atoms with Gasteiger partial charge in [-0.1, -0.05) is 53.4 Å². The molecule has 0 atom stereocenters. The van der Waals surface area contributed by atoms with Gasteiger partial charge < -0.3 is 14.8 Å². The van der Waals surface area contributed by atoms with Crippen LogP contribution >= 0.6 is 0 Å². The van der Waals surface area contributed by atoms with Crippen LogP contribution in [0.15, 0.2) is 0 Å². The summed E-state index contributed by atoms with van der Waals surface area (Å²) >= 11 is 0. The van der Waals surface area contributed by atoms with E-state index in [4.69, 9.17) is 9.47 Å². The standard InChI is InChI=1S/C18H35NO4.C2H6.H2/c1-16(2)17(20)10-8-6-4-5-7-9-11-18(21)19-12-13-23-15-14-22-3;1-2;/h16H,4-15H2,1-3H3,(H,19,21);1-2H3;1H. The minimum Gasteiger partial charge on any atom is -0.382 e. The molecule has 0 unspecified atom stereocenters. The molecule has 0 fully saturated rings. The second kappa shape index (κ2) is 21.1. The highest BCUT2D eigenvalue weighted by atomic mass is 16.5. The van der Waals surface area contributed by atoms with Crippen LogP contribution < -0.4 is 5.32 Å². The van der Waals surface area contributed by atoms with Crippen LogP contribution in [-0.4, -0.2) is 45.2 Å². The SMILES string of the molecule is CC.COCCOCCNC(=O)CCCCCCCCC(=O)C(C)C.[HH]. The van der Waals surface area contributed by atoms with E-state index in [-0.39, 0.29) is 13.3 Å². The Morgan fingerprint density at radius 3 is 2.00 bits per heavy atom. The molecule has 0 rings (SSSR count). The quantitative estimate of drug-likeness (QED) is 0.414. The van der Waals surface area contributed by atoms with Crippen molar-refractivity contribution in [2.45, 2.75) is 79.1 Å². The monoisotopic (exact) mass is 361 g/mol. The average molecular weight is 362 g/mol. The Bertz CT molecular complexity index is 312. The van der Waals surface area contributed by atoms with Crippen molar-refractivity contribution in [3.8, 4) is 0 Å². The van der Waals surface area contributed by atoms with E-state index in [2.05, 4.69) is 5.32 Å². The minimum absolute atomic E-state index is 0. The highest BCUT2D eigenvalue weighted by Gasteiger charge is 2.06. The normalized spacial score (nSPS) is 10.3. The van der Waals surface area contributed by atoms with Gasteiger partial charge in [0.25, 0.3) is 0 Å². The van der Waals surface area contributed by atoms with Crippen LogP contribution in [0.3, 0.4) is 0 Å². The predicted molar refractivity (Wildman–Crippen MR) is 106 cm³/mol. The van der Waals surface area contributed by atoms with Crippen LogP contribution in [0.5, 0.6) is 0 Å². The lowest BCUT2D eigenvalue weighted by Gasteiger charge is -2.06. The number of amides is 1. The van der Waals surface area contributed by atoms with Gasteiger partial charge in [-0.3, -0.25) is 9.59 Å². The molecule has 0 heterocycles. The molecule has 0 aromatic carbocycles. The number of methoxy groups -OCH3 is 1. The highest BCUT2D eigenvalue weighted by molar-refractivity contribution is 5.80. The van der Waals surface area contributed by atoms with E-state index in [1.165, 1.54) is 0 Å². The second-order valence-corrected chi connectivity index (χ2v) is 6.20. The molecule has 0 aromatic rings. The van der Waals surface area contributed by atoms with Gasteiger partial charge in [0.2, 0.25) is 5.91 Å². The van der Waals surface area contributed by atoms with Crippen molar-refractivity contribution >= 4 is 11.7 Å². The maximum Gasteiger partial charge on any atom is 0.220 e. The molecule has 152 valence electrons. The van der Waals surface area contributed by atoms with Gasteiger partial charge >= 0.3 is 0 Å². The third-order valence-corrected chi connectivity index (χ3v) is 3.72. The highest BCUT2D eigenvalue weighted by Crippen LogP contribution is 2.10. The Kier molecular flexibility index (Phi) is 22.2. The third kappa shape index (κ3) is 21.0. The van der Waals surface area contributed by atoms with Gasteiger partial charge in [0.15, 0.2) is 0 Å². The van der Waals surface area contributed by atoms with Crippen LogP contribution in [0, 0.1) is 5.92 Å². The van der Waals surface area contributed by atoms with Gasteiger partial charge in [-0.05, 0) is 12.8 Å². The van der Waals surface area contributed by atoms with Gasteiger partial charge in [0.05, 0.1) is 19.8 Å². The summed E-state index contributed by atoms with van der Waals surface area (Å²) in [4.78, 5) is 23.0. The molecule has 5 nitrogen and oxygen atoms in total. The second-order valence-electron chi connectivity index (χ2n) is 6.20. The van der Waals surface area contributed by atoms with Crippen LogP contribution in [0.1, 0.15) is 80.5 Å². The Labute approximate surface area is 156 Å². The molecule has 1 amide bonds. The summed E-state index contributed by atoms with van der Waals surface area (Å²) in [5.74, 6) is 0.634. The summed E-state index contributed by atoms with van der Waals surface area (Å²) in [7, 11) is 1.64. The smallest absolute Gasteiger partial charge is 0.220 e. The number of ether oxygens (including phenoxy) is 2. The molecule has 0 aliphatic carbocycles. The predicted octanol–water partition coefficient (Wildman–Crippen LogP) is 4.38. The van der Waals surface area contributed by atoms with Gasteiger partial charge in [0.1, 0.15) is 5.78 Å². The molecule has 0 spiro atoms. The first kappa shape index (κ1) is 26.3. The fourth-order valence-electron chi connectivity index (χ4n) is 2.18. The topological polar surface area (TPSA) is 64.6 Å². The zero-order valence-electron chi connectivity index (χ0n) is 17.2. The van der Waals surface area contributed by atoms with Crippen LogP contribution in [0.2, 0.25) is 0 Å². The van der Waals surface area contributed by atoms with Crippen molar-refractivity contribution in [2.24, 2.45) is 5.92 Å².